The van der Waals surface area contributed by atoms with E-state index in [1.165, 1.54) is 6.20 Å². The van der Waals surface area contributed by atoms with Gasteiger partial charge in [-0.1, -0.05) is 12.1 Å². The zero-order valence-electron chi connectivity index (χ0n) is 12.9. The number of para-hydroxylation sites is 2. The number of hydrogen-bond donors (Lipinski definition) is 0. The van der Waals surface area contributed by atoms with E-state index >= 15 is 0 Å². The summed E-state index contributed by atoms with van der Waals surface area (Å²) in [7, 11) is 3.76. The number of carbonyl (C=O) groups excluding carboxylic acids is 1. The van der Waals surface area contributed by atoms with Crippen molar-refractivity contribution in [2.75, 3.05) is 30.5 Å². The van der Waals surface area contributed by atoms with Gasteiger partial charge in [0.25, 0.3) is 5.91 Å². The Balaban J connectivity index is 1.94. The molecule has 0 fully saturated rings. The van der Waals surface area contributed by atoms with E-state index in [2.05, 4.69) is 9.97 Å². The lowest BCUT2D eigenvalue weighted by atomic mass is 10.1. The average Bonchev–Trinajstić information content (AvgIpc) is 2.54. The molecule has 0 N–H and O–H groups in total. The van der Waals surface area contributed by atoms with Crippen LogP contribution in [0.5, 0.6) is 5.75 Å². The molecule has 1 atom stereocenters. The van der Waals surface area contributed by atoms with E-state index in [0.717, 1.165) is 5.69 Å². The normalized spacial score (nSPS) is 16.7. The van der Waals surface area contributed by atoms with Crippen molar-refractivity contribution in [2.24, 2.45) is 0 Å². The number of rotatable bonds is 2. The van der Waals surface area contributed by atoms with Gasteiger partial charge >= 0.3 is 0 Å². The molecule has 3 rings (SSSR count). The Kier molecular flexibility index (Phi) is 3.66. The third kappa shape index (κ3) is 2.47. The monoisotopic (exact) mass is 298 g/mol. The molecule has 2 aromatic rings. The van der Waals surface area contributed by atoms with Gasteiger partial charge in [0, 0.05) is 14.1 Å². The van der Waals surface area contributed by atoms with Crippen molar-refractivity contribution < 1.29 is 9.53 Å². The van der Waals surface area contributed by atoms with Gasteiger partial charge in [-0.15, -0.1) is 0 Å². The van der Waals surface area contributed by atoms with E-state index in [0.29, 0.717) is 23.9 Å². The Labute approximate surface area is 129 Å². The highest BCUT2D eigenvalue weighted by molar-refractivity contribution is 6.06. The molecule has 0 spiro atoms. The van der Waals surface area contributed by atoms with Crippen molar-refractivity contribution in [3.05, 3.63) is 42.4 Å². The summed E-state index contributed by atoms with van der Waals surface area (Å²) in [6.07, 6.45) is 3.12. The summed E-state index contributed by atoms with van der Waals surface area (Å²) >= 11 is 0. The van der Waals surface area contributed by atoms with Gasteiger partial charge in [-0.25, -0.2) is 9.97 Å². The lowest BCUT2D eigenvalue weighted by Gasteiger charge is -2.34. The fourth-order valence-electron chi connectivity index (χ4n) is 2.40. The minimum atomic E-state index is -0.166. The number of hydrogen-bond acceptors (Lipinski definition) is 5. The van der Waals surface area contributed by atoms with Gasteiger partial charge in [0.15, 0.2) is 0 Å². The Bertz CT molecular complexity index is 685. The van der Waals surface area contributed by atoms with Crippen LogP contribution >= 0.6 is 0 Å². The summed E-state index contributed by atoms with van der Waals surface area (Å²) < 4.78 is 5.67. The number of amides is 1. The maximum atomic E-state index is 12.8. The largest absolute Gasteiger partial charge is 0.489 e. The van der Waals surface area contributed by atoms with Crippen molar-refractivity contribution in [1.82, 2.24) is 9.97 Å². The summed E-state index contributed by atoms with van der Waals surface area (Å²) in [6, 6.07) is 7.47. The first-order chi connectivity index (χ1) is 10.6. The molecule has 0 saturated heterocycles. The maximum absolute atomic E-state index is 12.8. The summed E-state index contributed by atoms with van der Waals surface area (Å²) in [6.45, 7) is 2.42. The Morgan fingerprint density at radius 3 is 2.73 bits per heavy atom. The van der Waals surface area contributed by atoms with Gasteiger partial charge in [-0.3, -0.25) is 9.69 Å². The average molecular weight is 298 g/mol. The fraction of sp³-hybridized carbons (Fsp3) is 0.312. The molecular formula is C16H18N4O2. The molecule has 1 aromatic heterocycles. The van der Waals surface area contributed by atoms with Crippen molar-refractivity contribution >= 4 is 17.4 Å². The summed E-state index contributed by atoms with van der Waals surface area (Å²) in [5.74, 6) is 1.26. The highest BCUT2D eigenvalue weighted by Crippen LogP contribution is 2.34. The number of ether oxygens (including phenoxy) is 1. The van der Waals surface area contributed by atoms with Crippen LogP contribution in [0.2, 0.25) is 0 Å². The van der Waals surface area contributed by atoms with Crippen LogP contribution in [0.4, 0.5) is 11.5 Å². The van der Waals surface area contributed by atoms with Crippen molar-refractivity contribution in [2.45, 2.75) is 13.0 Å². The zero-order valence-corrected chi connectivity index (χ0v) is 12.9. The first-order valence-corrected chi connectivity index (χ1v) is 7.12. The molecule has 6 nitrogen and oxygen atoms in total. The van der Waals surface area contributed by atoms with Gasteiger partial charge < -0.3 is 9.64 Å². The predicted molar refractivity (Wildman–Crippen MR) is 84.6 cm³/mol. The van der Waals surface area contributed by atoms with Crippen molar-refractivity contribution in [1.29, 1.82) is 0 Å². The lowest BCUT2D eigenvalue weighted by molar-refractivity contribution is 0.0956. The van der Waals surface area contributed by atoms with Gasteiger partial charge in [-0.2, -0.15) is 0 Å². The number of nitrogens with zero attached hydrogens (tertiary/aromatic N) is 4. The van der Waals surface area contributed by atoms with Crippen LogP contribution in [-0.2, 0) is 0 Å². The molecule has 22 heavy (non-hydrogen) atoms. The number of carbonyl (C=O) groups is 1. The number of anilines is 2. The van der Waals surface area contributed by atoms with Crippen molar-refractivity contribution in [3.8, 4) is 5.75 Å². The van der Waals surface area contributed by atoms with Crippen LogP contribution < -0.4 is 14.5 Å². The third-order valence-corrected chi connectivity index (χ3v) is 3.58. The van der Waals surface area contributed by atoms with E-state index in [9.17, 15) is 4.79 Å². The molecule has 0 aliphatic carbocycles. The topological polar surface area (TPSA) is 58.6 Å². The van der Waals surface area contributed by atoms with E-state index in [-0.39, 0.29) is 11.9 Å². The SMILES string of the molecule is CC1COc2ccccc2N1C(=O)c1cnc(N(C)C)cn1. The molecule has 0 radical (unpaired) electrons. The predicted octanol–water partition coefficient (Wildman–Crippen LogP) is 1.97. The molecule has 2 heterocycles. The van der Waals surface area contributed by atoms with Crippen LogP contribution in [0.3, 0.4) is 0 Å². The van der Waals surface area contributed by atoms with Gasteiger partial charge in [0.1, 0.15) is 23.9 Å². The Morgan fingerprint density at radius 2 is 2.05 bits per heavy atom. The summed E-state index contributed by atoms with van der Waals surface area (Å²) in [5.41, 5.74) is 1.10. The molecule has 6 heteroatoms. The molecular weight excluding hydrogens is 280 g/mol. The number of fused-ring (bicyclic) bond motifs is 1. The van der Waals surface area contributed by atoms with Crippen LogP contribution in [0, 0.1) is 0 Å². The minimum absolute atomic E-state index is 0.0577. The summed E-state index contributed by atoms with van der Waals surface area (Å²) in [5, 5.41) is 0. The third-order valence-electron chi connectivity index (χ3n) is 3.58. The van der Waals surface area contributed by atoms with Gasteiger partial charge in [0.2, 0.25) is 0 Å². The van der Waals surface area contributed by atoms with Gasteiger partial charge in [-0.05, 0) is 19.1 Å². The summed E-state index contributed by atoms with van der Waals surface area (Å²) in [4.78, 5) is 24.9. The second kappa shape index (κ2) is 5.63. The van der Waals surface area contributed by atoms with Crippen LogP contribution in [0.25, 0.3) is 0 Å². The smallest absolute Gasteiger partial charge is 0.278 e. The molecule has 1 aromatic carbocycles. The fourth-order valence-corrected chi connectivity index (χ4v) is 2.40. The Morgan fingerprint density at radius 1 is 1.27 bits per heavy atom. The lowest BCUT2D eigenvalue weighted by Crippen LogP contribution is -2.45. The van der Waals surface area contributed by atoms with E-state index in [1.54, 1.807) is 11.1 Å². The maximum Gasteiger partial charge on any atom is 0.278 e. The van der Waals surface area contributed by atoms with Crippen LogP contribution in [0.15, 0.2) is 36.7 Å². The quantitative estimate of drug-likeness (QED) is 0.848. The molecule has 1 aliphatic heterocycles. The molecule has 114 valence electrons. The number of aromatic nitrogens is 2. The highest BCUT2D eigenvalue weighted by atomic mass is 16.5. The van der Waals surface area contributed by atoms with Gasteiger partial charge in [0.05, 0.1) is 24.1 Å². The van der Waals surface area contributed by atoms with E-state index in [4.69, 9.17) is 4.74 Å². The van der Waals surface area contributed by atoms with Crippen molar-refractivity contribution in [3.63, 3.8) is 0 Å². The molecule has 0 saturated carbocycles. The first kappa shape index (κ1) is 14.3. The minimum Gasteiger partial charge on any atom is -0.489 e. The first-order valence-electron chi connectivity index (χ1n) is 7.12. The molecule has 0 bridgehead atoms. The standard InChI is InChI=1S/C16H18N4O2/c1-11-10-22-14-7-5-4-6-13(14)20(11)16(21)12-8-18-15(9-17-12)19(2)3/h4-9,11H,10H2,1-3H3. The Hall–Kier alpha value is -2.63. The molecule has 1 aliphatic rings. The van der Waals surface area contributed by atoms with E-state index < -0.39 is 0 Å². The van der Waals surface area contributed by atoms with Crippen LogP contribution in [-0.4, -0.2) is 42.6 Å². The van der Waals surface area contributed by atoms with Crippen LogP contribution in [0.1, 0.15) is 17.4 Å². The zero-order chi connectivity index (χ0) is 15.7. The molecule has 1 amide bonds. The second-order valence-corrected chi connectivity index (χ2v) is 5.46. The highest BCUT2D eigenvalue weighted by Gasteiger charge is 2.30. The second-order valence-electron chi connectivity index (χ2n) is 5.46. The number of benzene rings is 1. The van der Waals surface area contributed by atoms with E-state index in [1.807, 2.05) is 50.2 Å². The molecule has 1 unspecified atom stereocenters.